The highest BCUT2D eigenvalue weighted by Gasteiger charge is 2.26. The van der Waals surface area contributed by atoms with Crippen molar-refractivity contribution in [3.63, 3.8) is 0 Å². The first-order valence-electron chi connectivity index (χ1n) is 9.83. The summed E-state index contributed by atoms with van der Waals surface area (Å²) in [6, 6.07) is 8.21. The van der Waals surface area contributed by atoms with Gasteiger partial charge < -0.3 is 14.4 Å². The van der Waals surface area contributed by atoms with Crippen LogP contribution in [0.15, 0.2) is 24.3 Å². The molecule has 0 radical (unpaired) electrons. The minimum absolute atomic E-state index is 0.0979. The van der Waals surface area contributed by atoms with Crippen LogP contribution in [0.25, 0.3) is 10.4 Å². The number of benzene rings is 1. The van der Waals surface area contributed by atoms with Crippen LogP contribution in [0, 0.1) is 0 Å². The van der Waals surface area contributed by atoms with Crippen molar-refractivity contribution in [3.05, 3.63) is 40.3 Å². The topological polar surface area (TPSA) is 55.8 Å². The van der Waals surface area contributed by atoms with E-state index < -0.39 is 5.97 Å². The number of nitrogens with zero attached hydrogens (tertiary/aromatic N) is 1. The van der Waals surface area contributed by atoms with Gasteiger partial charge in [0.25, 0.3) is 5.91 Å². The molecule has 1 amide bonds. The molecule has 5 nitrogen and oxygen atoms in total. The number of aryl methyl sites for hydroxylation is 2. The minimum atomic E-state index is -0.410. The van der Waals surface area contributed by atoms with Gasteiger partial charge in [0.1, 0.15) is 10.6 Å². The summed E-state index contributed by atoms with van der Waals surface area (Å²) >= 11 is 1.45. The van der Waals surface area contributed by atoms with Crippen LogP contribution in [0.1, 0.15) is 47.0 Å². The van der Waals surface area contributed by atoms with E-state index in [1.54, 1.807) is 7.11 Å². The van der Waals surface area contributed by atoms with E-state index in [0.29, 0.717) is 4.88 Å². The van der Waals surface area contributed by atoms with E-state index in [0.717, 1.165) is 54.8 Å². The van der Waals surface area contributed by atoms with Crippen molar-refractivity contribution < 1.29 is 19.1 Å². The lowest BCUT2D eigenvalue weighted by Gasteiger charge is -2.33. The Morgan fingerprint density at radius 3 is 2.79 bits per heavy atom. The number of likely N-dealkylation sites (tertiary alicyclic amines) is 1. The summed E-state index contributed by atoms with van der Waals surface area (Å²) < 4.78 is 10.7. The molecule has 1 aromatic carbocycles. The van der Waals surface area contributed by atoms with E-state index in [9.17, 15) is 9.59 Å². The van der Waals surface area contributed by atoms with E-state index in [1.165, 1.54) is 22.5 Å². The number of hydrogen-bond acceptors (Lipinski definition) is 5. The summed E-state index contributed by atoms with van der Waals surface area (Å²) in [5, 5.41) is 0. The molecular formula is C22H25NO4S. The Labute approximate surface area is 169 Å². The number of thiophene rings is 1. The zero-order chi connectivity index (χ0) is 19.7. The molecule has 1 saturated heterocycles. The molecule has 1 atom stereocenters. The van der Waals surface area contributed by atoms with Crippen LogP contribution < -0.4 is 4.74 Å². The Kier molecular flexibility index (Phi) is 5.40. The number of esters is 1. The van der Waals surface area contributed by atoms with Gasteiger partial charge in [0.2, 0.25) is 0 Å². The maximum atomic E-state index is 12.5. The lowest BCUT2D eigenvalue weighted by Crippen LogP contribution is -2.44. The quantitative estimate of drug-likeness (QED) is 0.727. The second kappa shape index (κ2) is 7.95. The Balaban J connectivity index is 1.45. The standard InChI is InChI=1S/C22H25NO4S/c1-14-5-3-4-10-23(14)20(24)13-27-22(25)19-12-16-7-6-15-11-17(26-2)8-9-18(15)21(16)28-19/h8-9,11-12,14H,3-7,10,13H2,1-2H3/t14-/m0/s1. The van der Waals surface area contributed by atoms with Gasteiger partial charge in [-0.3, -0.25) is 4.79 Å². The van der Waals surface area contributed by atoms with Crippen molar-refractivity contribution in [1.82, 2.24) is 4.90 Å². The first kappa shape index (κ1) is 19.0. The van der Waals surface area contributed by atoms with Gasteiger partial charge in [-0.25, -0.2) is 4.79 Å². The molecule has 1 aromatic heterocycles. The summed E-state index contributed by atoms with van der Waals surface area (Å²) in [6.07, 6.45) is 5.01. The average Bonchev–Trinajstić information content (AvgIpc) is 3.16. The summed E-state index contributed by atoms with van der Waals surface area (Å²) in [5.74, 6) is 0.343. The molecule has 0 bridgehead atoms. The molecule has 4 rings (SSSR count). The number of carbonyl (C=O) groups is 2. The molecule has 1 aliphatic heterocycles. The van der Waals surface area contributed by atoms with Crippen LogP contribution in [0.3, 0.4) is 0 Å². The highest BCUT2D eigenvalue weighted by atomic mass is 32.1. The summed E-state index contributed by atoms with van der Waals surface area (Å²) in [4.78, 5) is 28.5. The number of fused-ring (bicyclic) bond motifs is 3. The second-order valence-corrected chi connectivity index (χ2v) is 8.55. The molecule has 148 valence electrons. The highest BCUT2D eigenvalue weighted by molar-refractivity contribution is 7.17. The fraction of sp³-hybridized carbons (Fsp3) is 0.455. The SMILES string of the molecule is COc1ccc2c(c1)CCc1cc(C(=O)OCC(=O)N3CCCC[C@@H]3C)sc1-2. The van der Waals surface area contributed by atoms with Crippen molar-refractivity contribution in [1.29, 1.82) is 0 Å². The molecule has 2 aromatic rings. The van der Waals surface area contributed by atoms with E-state index in [1.807, 2.05) is 17.0 Å². The third kappa shape index (κ3) is 3.65. The van der Waals surface area contributed by atoms with Crippen LogP contribution in [-0.2, 0) is 22.4 Å². The molecule has 0 N–H and O–H groups in total. The fourth-order valence-corrected chi connectivity index (χ4v) is 5.25. The van der Waals surface area contributed by atoms with Gasteiger partial charge in [0.15, 0.2) is 6.61 Å². The smallest absolute Gasteiger partial charge is 0.348 e. The number of ether oxygens (including phenoxy) is 2. The second-order valence-electron chi connectivity index (χ2n) is 7.50. The molecule has 2 heterocycles. The lowest BCUT2D eigenvalue weighted by molar-refractivity contribution is -0.137. The van der Waals surface area contributed by atoms with Gasteiger partial charge in [0.05, 0.1) is 7.11 Å². The van der Waals surface area contributed by atoms with Gasteiger partial charge in [-0.15, -0.1) is 11.3 Å². The first-order chi connectivity index (χ1) is 13.6. The summed E-state index contributed by atoms with van der Waals surface area (Å²) in [7, 11) is 1.67. The Bertz CT molecular complexity index is 904. The molecule has 0 unspecified atom stereocenters. The molecule has 1 fully saturated rings. The molecule has 0 spiro atoms. The highest BCUT2D eigenvalue weighted by Crippen LogP contribution is 2.41. The minimum Gasteiger partial charge on any atom is -0.497 e. The van der Waals surface area contributed by atoms with Gasteiger partial charge in [-0.1, -0.05) is 0 Å². The Morgan fingerprint density at radius 1 is 1.18 bits per heavy atom. The maximum absolute atomic E-state index is 12.5. The van der Waals surface area contributed by atoms with E-state index in [2.05, 4.69) is 19.1 Å². The van der Waals surface area contributed by atoms with E-state index >= 15 is 0 Å². The van der Waals surface area contributed by atoms with Crippen molar-refractivity contribution >= 4 is 23.2 Å². The molecular weight excluding hydrogens is 374 g/mol. The van der Waals surface area contributed by atoms with Crippen molar-refractivity contribution in [3.8, 4) is 16.2 Å². The number of hydrogen-bond donors (Lipinski definition) is 0. The normalized spacial score (nSPS) is 18.2. The summed E-state index contributed by atoms with van der Waals surface area (Å²) in [6.45, 7) is 2.63. The van der Waals surface area contributed by atoms with E-state index in [-0.39, 0.29) is 18.6 Å². The molecule has 28 heavy (non-hydrogen) atoms. The number of piperidine rings is 1. The molecule has 2 aliphatic rings. The fourth-order valence-electron chi connectivity index (χ4n) is 4.09. The average molecular weight is 400 g/mol. The van der Waals surface area contributed by atoms with Crippen molar-refractivity contribution in [2.24, 2.45) is 0 Å². The van der Waals surface area contributed by atoms with Crippen LogP contribution in [0.5, 0.6) is 5.75 Å². The van der Waals surface area contributed by atoms with Crippen molar-refractivity contribution in [2.75, 3.05) is 20.3 Å². The van der Waals surface area contributed by atoms with E-state index in [4.69, 9.17) is 9.47 Å². The van der Waals surface area contributed by atoms with Gasteiger partial charge in [-0.05, 0) is 80.0 Å². The summed E-state index contributed by atoms with van der Waals surface area (Å²) in [5.41, 5.74) is 3.57. The largest absolute Gasteiger partial charge is 0.497 e. The zero-order valence-corrected chi connectivity index (χ0v) is 17.1. The Morgan fingerprint density at radius 2 is 2.00 bits per heavy atom. The van der Waals surface area contributed by atoms with Crippen LogP contribution in [0.4, 0.5) is 0 Å². The Hall–Kier alpha value is -2.34. The number of rotatable bonds is 4. The number of amides is 1. The predicted octanol–water partition coefficient (Wildman–Crippen LogP) is 4.08. The predicted molar refractivity (Wildman–Crippen MR) is 109 cm³/mol. The van der Waals surface area contributed by atoms with Crippen LogP contribution in [0.2, 0.25) is 0 Å². The molecule has 1 aliphatic carbocycles. The number of methoxy groups -OCH3 is 1. The molecule has 0 saturated carbocycles. The van der Waals surface area contributed by atoms with Crippen LogP contribution in [-0.4, -0.2) is 43.1 Å². The monoisotopic (exact) mass is 399 g/mol. The third-order valence-corrected chi connectivity index (χ3v) is 6.87. The van der Waals surface area contributed by atoms with Gasteiger partial charge in [0, 0.05) is 17.5 Å². The maximum Gasteiger partial charge on any atom is 0.348 e. The first-order valence-corrected chi connectivity index (χ1v) is 10.6. The third-order valence-electron chi connectivity index (χ3n) is 5.68. The van der Waals surface area contributed by atoms with Gasteiger partial charge >= 0.3 is 5.97 Å². The zero-order valence-electron chi connectivity index (χ0n) is 16.3. The van der Waals surface area contributed by atoms with Crippen molar-refractivity contribution in [2.45, 2.75) is 45.1 Å². The van der Waals surface area contributed by atoms with Crippen LogP contribution >= 0.6 is 11.3 Å². The lowest BCUT2D eigenvalue weighted by atomic mass is 9.91. The number of carbonyl (C=O) groups excluding carboxylic acids is 2. The van der Waals surface area contributed by atoms with Gasteiger partial charge in [-0.2, -0.15) is 0 Å². The molecule has 6 heteroatoms.